The third-order valence-corrected chi connectivity index (χ3v) is 3.48. The Balaban J connectivity index is 2.64. The van der Waals surface area contributed by atoms with Gasteiger partial charge in [-0.15, -0.1) is 0 Å². The molecule has 1 fully saturated rings. The first kappa shape index (κ1) is 10.0. The molecular formula is C7H11ClO3S. The van der Waals surface area contributed by atoms with Crippen molar-refractivity contribution in [1.82, 2.24) is 0 Å². The number of ether oxygens (including phenoxy) is 1. The molecule has 0 aromatic heterocycles. The Morgan fingerprint density at radius 3 is 2.67 bits per heavy atom. The molecule has 1 saturated heterocycles. The molecule has 1 atom stereocenters. The molecule has 70 valence electrons. The van der Waals surface area contributed by atoms with Gasteiger partial charge in [-0.1, -0.05) is 6.58 Å². The van der Waals surface area contributed by atoms with Gasteiger partial charge in [0.2, 0.25) is 0 Å². The normalized spacial score (nSPS) is 25.2. The van der Waals surface area contributed by atoms with Crippen molar-refractivity contribution in [3.05, 3.63) is 11.5 Å². The van der Waals surface area contributed by atoms with E-state index in [-0.39, 0.29) is 10.8 Å². The summed E-state index contributed by atoms with van der Waals surface area (Å²) in [7, 11) is 1.53. The highest BCUT2D eigenvalue weighted by Crippen LogP contribution is 2.26. The van der Waals surface area contributed by atoms with Crippen molar-refractivity contribution in [1.29, 1.82) is 0 Å². The summed E-state index contributed by atoms with van der Waals surface area (Å²) in [6.45, 7) is 4.57. The Labute approximate surface area is 76.8 Å². The molecule has 1 rings (SSSR count). The van der Waals surface area contributed by atoms with E-state index in [0.717, 1.165) is 12.8 Å². The van der Waals surface area contributed by atoms with Crippen LogP contribution in [0.1, 0.15) is 12.8 Å². The van der Waals surface area contributed by atoms with Gasteiger partial charge in [0.05, 0.1) is 11.5 Å². The Bertz CT molecular complexity index is 264. The lowest BCUT2D eigenvalue weighted by molar-refractivity contribution is 0.0697. The number of hydrogen-bond acceptors (Lipinski definition) is 3. The molecule has 0 radical (unpaired) electrons. The lowest BCUT2D eigenvalue weighted by Crippen LogP contribution is -2.20. The molecule has 0 amide bonds. The van der Waals surface area contributed by atoms with Crippen molar-refractivity contribution in [2.24, 2.45) is 5.92 Å². The van der Waals surface area contributed by atoms with Crippen LogP contribution in [0.5, 0.6) is 0 Å². The molecule has 1 aliphatic heterocycles. The van der Waals surface area contributed by atoms with E-state index in [2.05, 4.69) is 6.58 Å². The van der Waals surface area contributed by atoms with Crippen LogP contribution in [-0.2, 0) is 13.8 Å². The smallest absolute Gasteiger partial charge is 0.257 e. The minimum absolute atomic E-state index is 0.0869. The molecule has 0 saturated carbocycles. The maximum absolute atomic E-state index is 10.8. The van der Waals surface area contributed by atoms with Crippen molar-refractivity contribution in [2.45, 2.75) is 12.8 Å². The molecule has 0 aromatic carbocycles. The van der Waals surface area contributed by atoms with Gasteiger partial charge in [-0.05, 0) is 12.8 Å². The monoisotopic (exact) mass is 210 g/mol. The van der Waals surface area contributed by atoms with E-state index in [1.807, 2.05) is 0 Å². The molecule has 1 unspecified atom stereocenters. The first-order valence-electron chi connectivity index (χ1n) is 3.73. The average Bonchev–Trinajstić information content (AvgIpc) is 2.03. The van der Waals surface area contributed by atoms with Crippen LogP contribution < -0.4 is 0 Å². The van der Waals surface area contributed by atoms with Crippen LogP contribution in [0, 0.1) is 5.92 Å². The zero-order valence-electron chi connectivity index (χ0n) is 6.62. The quantitative estimate of drug-likeness (QED) is 0.649. The number of halogens is 1. The van der Waals surface area contributed by atoms with Gasteiger partial charge in [0.1, 0.15) is 0 Å². The van der Waals surface area contributed by atoms with E-state index in [4.69, 9.17) is 15.4 Å². The summed E-state index contributed by atoms with van der Waals surface area (Å²) in [5.74, 6) is -0.124. The second kappa shape index (κ2) is 3.77. The molecule has 0 aliphatic carbocycles. The molecular weight excluding hydrogens is 200 g/mol. The summed E-state index contributed by atoms with van der Waals surface area (Å²) in [4.78, 5) is 0.0869. The first-order valence-corrected chi connectivity index (χ1v) is 6.04. The lowest BCUT2D eigenvalue weighted by atomic mass is 10.0. The predicted molar refractivity (Wildman–Crippen MR) is 47.5 cm³/mol. The van der Waals surface area contributed by atoms with E-state index in [1.165, 1.54) is 0 Å². The summed E-state index contributed by atoms with van der Waals surface area (Å²) < 4.78 is 26.8. The molecule has 5 heteroatoms. The minimum atomic E-state index is -3.60. The summed E-state index contributed by atoms with van der Waals surface area (Å²) in [6, 6.07) is 0. The predicted octanol–water partition coefficient (Wildman–Crippen LogP) is 1.50. The third-order valence-electron chi connectivity index (χ3n) is 1.93. The van der Waals surface area contributed by atoms with Crippen molar-refractivity contribution in [2.75, 3.05) is 13.2 Å². The zero-order chi connectivity index (χ0) is 9.19. The summed E-state index contributed by atoms with van der Waals surface area (Å²) in [5.41, 5.74) is 0. The molecule has 0 aromatic rings. The zero-order valence-corrected chi connectivity index (χ0v) is 8.20. The molecule has 1 aliphatic rings. The van der Waals surface area contributed by atoms with Gasteiger partial charge in [-0.3, -0.25) is 0 Å². The standard InChI is InChI=1S/C7H11ClO3S/c1-6(12(8,9)10)7-3-2-4-11-5-7/h7H,1-5H2. The SMILES string of the molecule is C=C(C1CCCOC1)S(=O)(=O)Cl. The van der Waals surface area contributed by atoms with Crippen molar-refractivity contribution in [3.63, 3.8) is 0 Å². The molecule has 0 N–H and O–H groups in total. The second-order valence-electron chi connectivity index (χ2n) is 2.82. The Morgan fingerprint density at radius 1 is 1.58 bits per heavy atom. The summed E-state index contributed by atoms with van der Waals surface area (Å²) in [6.07, 6.45) is 1.67. The highest BCUT2D eigenvalue weighted by atomic mass is 35.7. The van der Waals surface area contributed by atoms with Crippen LogP contribution in [0.2, 0.25) is 0 Å². The molecule has 1 heterocycles. The summed E-state index contributed by atoms with van der Waals surface area (Å²) in [5, 5.41) is 0. The van der Waals surface area contributed by atoms with Gasteiger partial charge in [0.25, 0.3) is 9.05 Å². The number of hydrogen-bond donors (Lipinski definition) is 0. The molecule has 3 nitrogen and oxygen atoms in total. The van der Waals surface area contributed by atoms with Gasteiger partial charge in [0.15, 0.2) is 0 Å². The lowest BCUT2D eigenvalue weighted by Gasteiger charge is -2.21. The Kier molecular flexibility index (Phi) is 3.15. The summed E-state index contributed by atoms with van der Waals surface area (Å²) >= 11 is 0. The Hall–Kier alpha value is -0.0600. The topological polar surface area (TPSA) is 43.4 Å². The molecule has 12 heavy (non-hydrogen) atoms. The van der Waals surface area contributed by atoms with Crippen LogP contribution >= 0.6 is 10.7 Å². The minimum Gasteiger partial charge on any atom is -0.381 e. The van der Waals surface area contributed by atoms with Crippen LogP contribution in [-0.4, -0.2) is 21.6 Å². The van der Waals surface area contributed by atoms with E-state index >= 15 is 0 Å². The van der Waals surface area contributed by atoms with Crippen LogP contribution in [0.25, 0.3) is 0 Å². The molecule has 0 spiro atoms. The van der Waals surface area contributed by atoms with Crippen LogP contribution in [0.15, 0.2) is 11.5 Å². The second-order valence-corrected chi connectivity index (χ2v) is 5.44. The maximum atomic E-state index is 10.8. The Morgan fingerprint density at radius 2 is 2.25 bits per heavy atom. The first-order chi connectivity index (χ1) is 5.52. The van der Waals surface area contributed by atoms with Crippen molar-refractivity contribution in [3.8, 4) is 0 Å². The van der Waals surface area contributed by atoms with E-state index in [0.29, 0.717) is 13.2 Å². The van der Waals surface area contributed by atoms with Gasteiger partial charge in [0, 0.05) is 23.2 Å². The van der Waals surface area contributed by atoms with Crippen molar-refractivity contribution >= 4 is 19.7 Å². The van der Waals surface area contributed by atoms with E-state index in [1.54, 1.807) is 0 Å². The van der Waals surface area contributed by atoms with Gasteiger partial charge < -0.3 is 4.74 Å². The fourth-order valence-electron chi connectivity index (χ4n) is 1.19. The van der Waals surface area contributed by atoms with Gasteiger partial charge >= 0.3 is 0 Å². The highest BCUT2D eigenvalue weighted by molar-refractivity contribution is 8.16. The largest absolute Gasteiger partial charge is 0.381 e. The van der Waals surface area contributed by atoms with Gasteiger partial charge in [-0.25, -0.2) is 8.42 Å². The fourth-order valence-corrected chi connectivity index (χ4v) is 2.16. The molecule has 0 bridgehead atoms. The van der Waals surface area contributed by atoms with Crippen LogP contribution in [0.4, 0.5) is 0 Å². The average molecular weight is 211 g/mol. The third kappa shape index (κ3) is 2.47. The number of rotatable bonds is 2. The van der Waals surface area contributed by atoms with Crippen molar-refractivity contribution < 1.29 is 13.2 Å². The van der Waals surface area contributed by atoms with E-state index in [9.17, 15) is 8.42 Å². The fraction of sp³-hybridized carbons (Fsp3) is 0.714. The highest BCUT2D eigenvalue weighted by Gasteiger charge is 2.24. The van der Waals surface area contributed by atoms with Gasteiger partial charge in [-0.2, -0.15) is 0 Å². The van der Waals surface area contributed by atoms with E-state index < -0.39 is 9.05 Å². The maximum Gasteiger partial charge on any atom is 0.257 e. The van der Waals surface area contributed by atoms with Crippen LogP contribution in [0.3, 0.4) is 0 Å².